The molecule has 0 saturated carbocycles. The summed E-state index contributed by atoms with van der Waals surface area (Å²) < 4.78 is 0. The number of hydrogen-bond acceptors (Lipinski definition) is 6. The first kappa shape index (κ1) is 17.7. The molecule has 0 N–H and O–H groups in total. The Kier molecular flexibility index (Phi) is 4.84. The highest BCUT2D eigenvalue weighted by Gasteiger charge is 2.25. The van der Waals surface area contributed by atoms with Crippen LogP contribution < -0.4 is 4.90 Å². The van der Waals surface area contributed by atoms with Gasteiger partial charge in [0.05, 0.1) is 11.9 Å². The minimum atomic E-state index is 0.292. The lowest BCUT2D eigenvalue weighted by molar-refractivity contribution is -0.131. The van der Waals surface area contributed by atoms with Gasteiger partial charge in [-0.05, 0) is 39.2 Å². The fourth-order valence-corrected chi connectivity index (χ4v) is 5.01. The number of rotatable bonds is 3. The molecule has 0 atom stereocenters. The molecule has 0 radical (unpaired) electrons. The maximum Gasteiger partial charge on any atom is 0.236 e. The first-order valence-electron chi connectivity index (χ1n) is 9.52. The third-order valence-electron chi connectivity index (χ3n) is 5.61. The Hall–Kier alpha value is -1.73. The number of anilines is 1. The van der Waals surface area contributed by atoms with Crippen LogP contribution >= 0.6 is 11.3 Å². The predicted molar refractivity (Wildman–Crippen MR) is 106 cm³/mol. The van der Waals surface area contributed by atoms with Crippen LogP contribution in [0.3, 0.4) is 0 Å². The fourth-order valence-electron chi connectivity index (χ4n) is 3.94. The van der Waals surface area contributed by atoms with E-state index in [-0.39, 0.29) is 0 Å². The molecule has 4 rings (SSSR count). The maximum atomic E-state index is 12.4. The van der Waals surface area contributed by atoms with E-state index in [1.165, 1.54) is 15.8 Å². The lowest BCUT2D eigenvalue weighted by atomic mass is 10.2. The minimum Gasteiger partial charge on any atom is -0.353 e. The number of nitrogens with zero attached hydrogens (tertiary/aromatic N) is 5. The molecule has 0 aliphatic carbocycles. The number of aromatic nitrogens is 2. The van der Waals surface area contributed by atoms with Crippen LogP contribution in [0, 0.1) is 20.8 Å². The molecule has 2 aliphatic rings. The largest absolute Gasteiger partial charge is 0.353 e. The number of carbonyl (C=O) groups is 1. The third kappa shape index (κ3) is 3.30. The van der Waals surface area contributed by atoms with Crippen molar-refractivity contribution in [3.05, 3.63) is 16.3 Å². The standard InChI is InChI=1S/C19H27N5OS/c1-13-14(2)26-19-17(13)18(20-15(3)21-19)24-10-8-22(9-11-24)12-16(25)23-6-4-5-7-23/h4-12H2,1-3H3. The van der Waals surface area contributed by atoms with E-state index in [4.69, 9.17) is 4.98 Å². The molecule has 6 nitrogen and oxygen atoms in total. The highest BCUT2D eigenvalue weighted by atomic mass is 32.1. The van der Waals surface area contributed by atoms with E-state index < -0.39 is 0 Å². The molecule has 2 saturated heterocycles. The third-order valence-corrected chi connectivity index (χ3v) is 6.71. The number of aryl methyl sites for hydroxylation is 3. The van der Waals surface area contributed by atoms with Gasteiger partial charge in [-0.2, -0.15) is 0 Å². The summed E-state index contributed by atoms with van der Waals surface area (Å²) in [5.74, 6) is 2.20. The highest BCUT2D eigenvalue weighted by Crippen LogP contribution is 2.35. The van der Waals surface area contributed by atoms with Crippen LogP contribution in [0.5, 0.6) is 0 Å². The molecular formula is C19H27N5OS. The summed E-state index contributed by atoms with van der Waals surface area (Å²) in [6, 6.07) is 0. The van der Waals surface area contributed by atoms with Gasteiger partial charge in [-0.1, -0.05) is 0 Å². The highest BCUT2D eigenvalue weighted by molar-refractivity contribution is 7.18. The quantitative estimate of drug-likeness (QED) is 0.827. The number of likely N-dealkylation sites (tertiary alicyclic amines) is 1. The van der Waals surface area contributed by atoms with Crippen molar-refractivity contribution >= 4 is 33.3 Å². The summed E-state index contributed by atoms with van der Waals surface area (Å²) in [4.78, 5) is 30.9. The minimum absolute atomic E-state index is 0.292. The number of amides is 1. The van der Waals surface area contributed by atoms with Crippen LogP contribution in [-0.2, 0) is 4.79 Å². The van der Waals surface area contributed by atoms with Crippen LogP contribution in [0.4, 0.5) is 5.82 Å². The number of fused-ring (bicyclic) bond motifs is 1. The van der Waals surface area contributed by atoms with Crippen molar-refractivity contribution in [2.75, 3.05) is 50.7 Å². The lowest BCUT2D eigenvalue weighted by Gasteiger charge is -2.36. The lowest BCUT2D eigenvalue weighted by Crippen LogP contribution is -2.50. The first-order valence-corrected chi connectivity index (χ1v) is 10.3. The van der Waals surface area contributed by atoms with Gasteiger partial charge in [0.1, 0.15) is 16.5 Å². The van der Waals surface area contributed by atoms with Gasteiger partial charge in [0, 0.05) is 44.1 Å². The Bertz CT molecular complexity index is 819. The molecular weight excluding hydrogens is 346 g/mol. The van der Waals surface area contributed by atoms with E-state index in [2.05, 4.69) is 28.6 Å². The molecule has 4 heterocycles. The molecule has 2 aliphatic heterocycles. The van der Waals surface area contributed by atoms with Crippen LogP contribution in [0.2, 0.25) is 0 Å². The van der Waals surface area contributed by atoms with Crippen molar-refractivity contribution in [1.29, 1.82) is 0 Å². The van der Waals surface area contributed by atoms with Gasteiger partial charge >= 0.3 is 0 Å². The second-order valence-electron chi connectivity index (χ2n) is 7.41. The summed E-state index contributed by atoms with van der Waals surface area (Å²) in [5, 5.41) is 1.21. The second kappa shape index (κ2) is 7.12. The van der Waals surface area contributed by atoms with Gasteiger partial charge in [0.15, 0.2) is 0 Å². The normalized spacial score (nSPS) is 18.9. The maximum absolute atomic E-state index is 12.4. The van der Waals surface area contributed by atoms with Gasteiger partial charge in [-0.3, -0.25) is 9.69 Å². The van der Waals surface area contributed by atoms with Crippen LogP contribution in [-0.4, -0.2) is 71.5 Å². The Morgan fingerprint density at radius 3 is 2.38 bits per heavy atom. The summed E-state index contributed by atoms with van der Waals surface area (Å²) in [6.45, 7) is 12.4. The van der Waals surface area contributed by atoms with Crippen molar-refractivity contribution < 1.29 is 4.79 Å². The van der Waals surface area contributed by atoms with Gasteiger partial charge in [0.25, 0.3) is 0 Å². The molecule has 2 fully saturated rings. The van der Waals surface area contributed by atoms with E-state index >= 15 is 0 Å². The Morgan fingerprint density at radius 2 is 1.69 bits per heavy atom. The predicted octanol–water partition coefficient (Wildman–Crippen LogP) is 2.36. The average molecular weight is 374 g/mol. The molecule has 0 spiro atoms. The van der Waals surface area contributed by atoms with Gasteiger partial charge < -0.3 is 9.80 Å². The van der Waals surface area contributed by atoms with Crippen molar-refractivity contribution in [2.24, 2.45) is 0 Å². The molecule has 2 aromatic heterocycles. The fraction of sp³-hybridized carbons (Fsp3) is 0.632. The van der Waals surface area contributed by atoms with E-state index in [1.54, 1.807) is 11.3 Å². The van der Waals surface area contributed by atoms with Crippen LogP contribution in [0.25, 0.3) is 10.2 Å². The zero-order valence-electron chi connectivity index (χ0n) is 15.9. The van der Waals surface area contributed by atoms with Gasteiger partial charge in [-0.15, -0.1) is 11.3 Å². The van der Waals surface area contributed by atoms with Crippen molar-refractivity contribution in [3.8, 4) is 0 Å². The monoisotopic (exact) mass is 373 g/mol. The number of carbonyl (C=O) groups excluding carboxylic acids is 1. The van der Waals surface area contributed by atoms with E-state index in [0.29, 0.717) is 12.5 Å². The molecule has 0 unspecified atom stereocenters. The first-order chi connectivity index (χ1) is 12.5. The second-order valence-corrected chi connectivity index (χ2v) is 8.61. The number of piperazine rings is 1. The number of hydrogen-bond donors (Lipinski definition) is 0. The van der Waals surface area contributed by atoms with Crippen LogP contribution in [0.15, 0.2) is 0 Å². The molecule has 1 amide bonds. The Morgan fingerprint density at radius 1 is 1.00 bits per heavy atom. The van der Waals surface area contributed by atoms with Crippen molar-refractivity contribution in [3.63, 3.8) is 0 Å². The van der Waals surface area contributed by atoms with Crippen molar-refractivity contribution in [1.82, 2.24) is 19.8 Å². The van der Waals surface area contributed by atoms with Gasteiger partial charge in [0.2, 0.25) is 5.91 Å². The average Bonchev–Trinajstić information content (AvgIpc) is 3.24. The zero-order chi connectivity index (χ0) is 18.3. The summed E-state index contributed by atoms with van der Waals surface area (Å²) in [7, 11) is 0. The molecule has 0 bridgehead atoms. The zero-order valence-corrected chi connectivity index (χ0v) is 16.7. The summed E-state index contributed by atoms with van der Waals surface area (Å²) in [6.07, 6.45) is 2.31. The van der Waals surface area contributed by atoms with Gasteiger partial charge in [-0.25, -0.2) is 9.97 Å². The molecule has 2 aromatic rings. The molecule has 26 heavy (non-hydrogen) atoms. The Balaban J connectivity index is 1.46. The van der Waals surface area contributed by atoms with Crippen LogP contribution in [0.1, 0.15) is 29.1 Å². The van der Waals surface area contributed by atoms with Crippen molar-refractivity contribution in [2.45, 2.75) is 33.6 Å². The van der Waals surface area contributed by atoms with E-state index in [9.17, 15) is 4.79 Å². The smallest absolute Gasteiger partial charge is 0.236 e. The Labute approximate surface area is 158 Å². The molecule has 0 aromatic carbocycles. The number of thiophene rings is 1. The van der Waals surface area contributed by atoms with E-state index in [1.807, 2.05) is 11.8 Å². The summed E-state index contributed by atoms with van der Waals surface area (Å²) >= 11 is 1.76. The molecule has 140 valence electrons. The SMILES string of the molecule is Cc1nc(N2CCN(CC(=O)N3CCCC3)CC2)c2c(C)c(C)sc2n1. The summed E-state index contributed by atoms with van der Waals surface area (Å²) in [5.41, 5.74) is 1.30. The van der Waals surface area contributed by atoms with E-state index in [0.717, 1.165) is 68.6 Å². The topological polar surface area (TPSA) is 52.6 Å². The molecule has 7 heteroatoms.